The number of hydrogen-bond acceptors (Lipinski definition) is 4. The van der Waals surface area contributed by atoms with Gasteiger partial charge in [-0.3, -0.25) is 9.78 Å². The number of H-pyrrole nitrogens is 2. The van der Waals surface area contributed by atoms with Gasteiger partial charge in [0.15, 0.2) is 5.58 Å². The van der Waals surface area contributed by atoms with Crippen LogP contribution in [0.2, 0.25) is 5.02 Å². The number of amides is 1. The summed E-state index contributed by atoms with van der Waals surface area (Å²) >= 11 is 6.17. The molecule has 4 aromatic rings. The Bertz CT molecular complexity index is 1400. The summed E-state index contributed by atoms with van der Waals surface area (Å²) in [5, 5.41) is 10.4. The van der Waals surface area contributed by atoms with Gasteiger partial charge < -0.3 is 14.3 Å². The molecule has 2 aromatic heterocycles. The Kier molecular flexibility index (Phi) is 4.79. The van der Waals surface area contributed by atoms with Gasteiger partial charge in [-0.2, -0.15) is 5.26 Å². The van der Waals surface area contributed by atoms with Gasteiger partial charge in [0.25, 0.3) is 5.91 Å². The van der Waals surface area contributed by atoms with Crippen LogP contribution in [0.1, 0.15) is 40.4 Å². The molecule has 7 nitrogen and oxygen atoms in total. The summed E-state index contributed by atoms with van der Waals surface area (Å²) in [6, 6.07) is 13.2. The molecule has 0 saturated carbocycles. The molecule has 1 saturated heterocycles. The first-order chi connectivity index (χ1) is 15.0. The minimum atomic E-state index is -0.454. The Labute approximate surface area is 182 Å². The zero-order valence-electron chi connectivity index (χ0n) is 16.6. The highest BCUT2D eigenvalue weighted by Gasteiger charge is 2.27. The largest absolute Gasteiger partial charge is 0.417 e. The molecule has 1 amide bonds. The van der Waals surface area contributed by atoms with Gasteiger partial charge in [0.05, 0.1) is 23.5 Å². The molecule has 0 atom stereocenters. The predicted octanol–water partition coefficient (Wildman–Crippen LogP) is 4.34. The number of halogens is 1. The molecule has 0 radical (unpaired) electrons. The lowest BCUT2D eigenvalue weighted by atomic mass is 9.89. The molecule has 31 heavy (non-hydrogen) atoms. The van der Waals surface area contributed by atoms with Gasteiger partial charge in [-0.25, -0.2) is 4.79 Å². The molecule has 0 unspecified atom stereocenters. The van der Waals surface area contributed by atoms with Gasteiger partial charge in [0.2, 0.25) is 0 Å². The fraction of sp³-hybridized carbons (Fsp3) is 0.261. The maximum atomic E-state index is 13.1. The summed E-state index contributed by atoms with van der Waals surface area (Å²) in [4.78, 5) is 32.4. The third-order valence-electron chi connectivity index (χ3n) is 5.97. The van der Waals surface area contributed by atoms with E-state index in [4.69, 9.17) is 21.3 Å². The highest BCUT2D eigenvalue weighted by atomic mass is 35.5. The number of para-hydroxylation sites is 1. The van der Waals surface area contributed by atoms with Crippen LogP contribution in [0.5, 0.6) is 0 Å². The van der Waals surface area contributed by atoms with E-state index in [2.05, 4.69) is 16.0 Å². The monoisotopic (exact) mass is 434 g/mol. The van der Waals surface area contributed by atoms with Gasteiger partial charge in [-0.05, 0) is 48.6 Å². The summed E-state index contributed by atoms with van der Waals surface area (Å²) in [6.07, 6.45) is 1.79. The van der Waals surface area contributed by atoms with Crippen molar-refractivity contribution >= 4 is 39.5 Å². The van der Waals surface area contributed by atoms with Crippen molar-refractivity contribution in [1.82, 2.24) is 14.9 Å². The number of oxazole rings is 1. The maximum Gasteiger partial charge on any atom is 0.417 e. The minimum absolute atomic E-state index is 0.0694. The average molecular weight is 435 g/mol. The van der Waals surface area contributed by atoms with E-state index in [0.29, 0.717) is 34.9 Å². The number of nitriles is 1. The fourth-order valence-electron chi connectivity index (χ4n) is 4.50. The lowest BCUT2D eigenvalue weighted by Gasteiger charge is -2.32. The van der Waals surface area contributed by atoms with Crippen molar-refractivity contribution in [3.63, 3.8) is 0 Å². The first kappa shape index (κ1) is 19.5. The van der Waals surface area contributed by atoms with Crippen LogP contribution in [0.3, 0.4) is 0 Å². The average Bonchev–Trinajstić information content (AvgIpc) is 3.36. The number of rotatable bonds is 3. The van der Waals surface area contributed by atoms with Crippen LogP contribution < -0.4 is 5.76 Å². The van der Waals surface area contributed by atoms with E-state index in [1.165, 1.54) is 0 Å². The molecule has 156 valence electrons. The molecule has 1 aliphatic heterocycles. The minimum Gasteiger partial charge on any atom is -0.408 e. The van der Waals surface area contributed by atoms with Crippen LogP contribution in [0.25, 0.3) is 22.0 Å². The van der Waals surface area contributed by atoms with Crippen LogP contribution >= 0.6 is 11.6 Å². The molecule has 0 bridgehead atoms. The molecule has 0 spiro atoms. The molecular formula is C23H19ClN4O3. The number of aromatic amines is 2. The van der Waals surface area contributed by atoms with E-state index in [-0.39, 0.29) is 18.2 Å². The van der Waals surface area contributed by atoms with Crippen LogP contribution in [-0.2, 0) is 6.42 Å². The second kappa shape index (κ2) is 7.64. The van der Waals surface area contributed by atoms with Crippen molar-refractivity contribution in [3.05, 3.63) is 68.8 Å². The predicted molar refractivity (Wildman–Crippen MR) is 117 cm³/mol. The van der Waals surface area contributed by atoms with E-state index in [9.17, 15) is 9.59 Å². The molecule has 8 heteroatoms. The number of hydrogen-bond donors (Lipinski definition) is 2. The van der Waals surface area contributed by atoms with Crippen molar-refractivity contribution in [3.8, 4) is 6.07 Å². The topological polar surface area (TPSA) is 106 Å². The highest BCUT2D eigenvalue weighted by molar-refractivity contribution is 6.31. The van der Waals surface area contributed by atoms with Crippen molar-refractivity contribution in [2.75, 3.05) is 13.1 Å². The fourth-order valence-corrected chi connectivity index (χ4v) is 4.75. The molecule has 1 fully saturated rings. The summed E-state index contributed by atoms with van der Waals surface area (Å²) in [6.45, 7) is 1.21. The van der Waals surface area contributed by atoms with Crippen LogP contribution in [0.4, 0.5) is 0 Å². The maximum absolute atomic E-state index is 13.1. The Morgan fingerprint density at radius 3 is 2.81 bits per heavy atom. The van der Waals surface area contributed by atoms with Crippen molar-refractivity contribution < 1.29 is 9.21 Å². The number of nitrogens with zero attached hydrogens (tertiary/aromatic N) is 2. The number of nitrogens with one attached hydrogen (secondary N) is 2. The summed E-state index contributed by atoms with van der Waals surface area (Å²) in [5.41, 5.74) is 4.36. The molecule has 2 aromatic carbocycles. The standard InChI is InChI=1S/C23H19ClN4O3/c24-16-10-14(4-7-25)20-15(11-16)12-19(26-20)22(29)28-8-5-13(6-9-28)17-2-1-3-18-21(17)31-23(30)27-18/h1-3,10-13,26H,4-6,8-9H2,(H,27,30). The van der Waals surface area contributed by atoms with Crippen LogP contribution in [0, 0.1) is 11.3 Å². The van der Waals surface area contributed by atoms with Gasteiger partial charge in [-0.15, -0.1) is 0 Å². The summed E-state index contributed by atoms with van der Waals surface area (Å²) in [5.74, 6) is -0.305. The zero-order chi connectivity index (χ0) is 21.5. The number of likely N-dealkylation sites (tertiary alicyclic amines) is 1. The first-order valence-electron chi connectivity index (χ1n) is 10.1. The molecule has 5 rings (SSSR count). The van der Waals surface area contributed by atoms with E-state index in [1.807, 2.05) is 23.1 Å². The normalized spacial score (nSPS) is 14.9. The Morgan fingerprint density at radius 1 is 1.23 bits per heavy atom. The third kappa shape index (κ3) is 3.49. The van der Waals surface area contributed by atoms with Crippen LogP contribution in [0.15, 0.2) is 45.6 Å². The quantitative estimate of drug-likeness (QED) is 0.500. The second-order valence-electron chi connectivity index (χ2n) is 7.85. The number of carbonyl (C=O) groups excluding carboxylic acids is 1. The van der Waals surface area contributed by atoms with Gasteiger partial charge in [-0.1, -0.05) is 23.7 Å². The van der Waals surface area contributed by atoms with E-state index >= 15 is 0 Å². The number of aromatic nitrogens is 2. The molecule has 3 heterocycles. The van der Waals surface area contributed by atoms with Gasteiger partial charge in [0.1, 0.15) is 5.69 Å². The summed E-state index contributed by atoms with van der Waals surface area (Å²) in [7, 11) is 0. The molecule has 0 aliphatic carbocycles. The number of carbonyl (C=O) groups is 1. The lowest BCUT2D eigenvalue weighted by Crippen LogP contribution is -2.38. The van der Waals surface area contributed by atoms with Gasteiger partial charge in [0, 0.05) is 29.1 Å². The number of benzene rings is 2. The Morgan fingerprint density at radius 2 is 2.03 bits per heavy atom. The SMILES string of the molecule is N#CCc1cc(Cl)cc2cc(C(=O)N3CCC(c4cccc5[nH]c(=O)oc45)CC3)[nH]c12. The molecule has 2 N–H and O–H groups in total. The number of piperidine rings is 1. The first-order valence-corrected chi connectivity index (χ1v) is 10.5. The van der Waals surface area contributed by atoms with Crippen molar-refractivity contribution in [2.45, 2.75) is 25.2 Å². The Hall–Kier alpha value is -3.50. The highest BCUT2D eigenvalue weighted by Crippen LogP contribution is 2.33. The van der Waals surface area contributed by atoms with E-state index < -0.39 is 5.76 Å². The third-order valence-corrected chi connectivity index (χ3v) is 6.19. The number of fused-ring (bicyclic) bond motifs is 2. The molecule has 1 aliphatic rings. The second-order valence-corrected chi connectivity index (χ2v) is 8.29. The van der Waals surface area contributed by atoms with Crippen molar-refractivity contribution in [1.29, 1.82) is 5.26 Å². The van der Waals surface area contributed by atoms with Crippen LogP contribution in [-0.4, -0.2) is 33.9 Å². The van der Waals surface area contributed by atoms with E-state index in [1.54, 1.807) is 18.2 Å². The van der Waals surface area contributed by atoms with Crippen molar-refractivity contribution in [2.24, 2.45) is 0 Å². The smallest absolute Gasteiger partial charge is 0.408 e. The zero-order valence-corrected chi connectivity index (χ0v) is 17.3. The summed E-state index contributed by atoms with van der Waals surface area (Å²) < 4.78 is 5.34. The Balaban J connectivity index is 1.36. The molecular weight excluding hydrogens is 416 g/mol. The van der Waals surface area contributed by atoms with Gasteiger partial charge >= 0.3 is 5.76 Å². The lowest BCUT2D eigenvalue weighted by molar-refractivity contribution is 0.0708. The van der Waals surface area contributed by atoms with E-state index in [0.717, 1.165) is 34.9 Å².